The molecule has 0 amide bonds. The fraction of sp³-hybridized carbons (Fsp3) is 0.261. The summed E-state index contributed by atoms with van der Waals surface area (Å²) in [5.41, 5.74) is 2.50. The maximum absolute atomic E-state index is 12.8. The van der Waals surface area contributed by atoms with Crippen molar-refractivity contribution < 1.29 is 23.7 Å². The number of carbonyl (C=O) groups is 1. The Morgan fingerprint density at radius 1 is 0.969 bits per heavy atom. The fourth-order valence-electron chi connectivity index (χ4n) is 3.79. The number of nitrogens with one attached hydrogen (secondary N) is 1. The topological polar surface area (TPSA) is 96.7 Å². The van der Waals surface area contributed by atoms with Crippen LogP contribution in [0.2, 0.25) is 0 Å². The van der Waals surface area contributed by atoms with E-state index >= 15 is 0 Å². The van der Waals surface area contributed by atoms with E-state index in [0.717, 1.165) is 5.56 Å². The molecular formula is C23H24N4O5. The fourth-order valence-corrected chi connectivity index (χ4v) is 3.79. The SMILES string of the molecule is COC(=O)C1=C(C)Nc2nc(-c3ccccc3)nn2C1c1cc(OC)c(OC)cc1OC. The Labute approximate surface area is 185 Å². The third-order valence-corrected chi connectivity index (χ3v) is 5.32. The lowest BCUT2D eigenvalue weighted by molar-refractivity contribution is -0.136. The second-order valence-corrected chi connectivity index (χ2v) is 7.08. The minimum absolute atomic E-state index is 0.384. The van der Waals surface area contributed by atoms with E-state index in [4.69, 9.17) is 24.0 Å². The van der Waals surface area contributed by atoms with E-state index in [1.54, 1.807) is 45.1 Å². The molecule has 4 rings (SSSR count). The third-order valence-electron chi connectivity index (χ3n) is 5.32. The Morgan fingerprint density at radius 2 is 1.62 bits per heavy atom. The molecule has 1 N–H and O–H groups in total. The van der Waals surface area contributed by atoms with Gasteiger partial charge in [0.2, 0.25) is 5.95 Å². The number of rotatable bonds is 6. The molecule has 1 aliphatic rings. The van der Waals surface area contributed by atoms with Gasteiger partial charge < -0.3 is 24.3 Å². The number of hydrogen-bond acceptors (Lipinski definition) is 8. The monoisotopic (exact) mass is 436 g/mol. The summed E-state index contributed by atoms with van der Waals surface area (Å²) in [6.07, 6.45) is 0. The lowest BCUT2D eigenvalue weighted by Crippen LogP contribution is -2.29. The Balaban J connectivity index is 1.96. The molecule has 2 aromatic carbocycles. The second-order valence-electron chi connectivity index (χ2n) is 7.08. The number of ether oxygens (including phenoxy) is 4. The Hall–Kier alpha value is -4.01. The number of esters is 1. The van der Waals surface area contributed by atoms with Gasteiger partial charge in [0, 0.05) is 22.9 Å². The van der Waals surface area contributed by atoms with Crippen molar-refractivity contribution in [1.82, 2.24) is 14.8 Å². The highest BCUT2D eigenvalue weighted by molar-refractivity contribution is 5.92. The number of hydrogen-bond donors (Lipinski definition) is 1. The number of methoxy groups -OCH3 is 4. The molecule has 0 spiro atoms. The smallest absolute Gasteiger partial charge is 0.338 e. The van der Waals surface area contributed by atoms with E-state index in [-0.39, 0.29) is 0 Å². The first-order valence-corrected chi connectivity index (χ1v) is 9.90. The van der Waals surface area contributed by atoms with E-state index < -0.39 is 12.0 Å². The molecule has 1 aromatic heterocycles. The van der Waals surface area contributed by atoms with Gasteiger partial charge in [0.1, 0.15) is 11.8 Å². The number of benzene rings is 2. The molecule has 1 aliphatic heterocycles. The van der Waals surface area contributed by atoms with E-state index in [0.29, 0.717) is 45.9 Å². The largest absolute Gasteiger partial charge is 0.496 e. The van der Waals surface area contributed by atoms with Crippen LogP contribution in [0.15, 0.2) is 53.7 Å². The molecule has 0 bridgehead atoms. The average molecular weight is 436 g/mol. The maximum Gasteiger partial charge on any atom is 0.338 e. The van der Waals surface area contributed by atoms with E-state index in [1.165, 1.54) is 7.11 Å². The van der Waals surface area contributed by atoms with Crippen LogP contribution in [0.5, 0.6) is 17.2 Å². The van der Waals surface area contributed by atoms with Gasteiger partial charge in [-0.15, -0.1) is 5.10 Å². The first kappa shape index (κ1) is 21.2. The predicted octanol–water partition coefficient (Wildman–Crippen LogP) is 3.43. The second kappa shape index (κ2) is 8.62. The lowest BCUT2D eigenvalue weighted by atomic mass is 9.94. The Kier molecular flexibility index (Phi) is 5.72. The molecular weight excluding hydrogens is 412 g/mol. The van der Waals surface area contributed by atoms with E-state index in [1.807, 2.05) is 30.3 Å². The number of fused-ring (bicyclic) bond motifs is 1. The van der Waals surface area contributed by atoms with Crippen LogP contribution < -0.4 is 19.5 Å². The van der Waals surface area contributed by atoms with Crippen LogP contribution in [0.4, 0.5) is 5.95 Å². The highest BCUT2D eigenvalue weighted by Gasteiger charge is 2.37. The lowest BCUT2D eigenvalue weighted by Gasteiger charge is -2.29. The summed E-state index contributed by atoms with van der Waals surface area (Å²) < 4.78 is 23.3. The summed E-state index contributed by atoms with van der Waals surface area (Å²) in [4.78, 5) is 17.5. The van der Waals surface area contributed by atoms with Gasteiger partial charge in [0.15, 0.2) is 17.3 Å². The maximum atomic E-state index is 12.8. The van der Waals surface area contributed by atoms with Crippen LogP contribution in [-0.4, -0.2) is 49.2 Å². The third kappa shape index (κ3) is 3.51. The van der Waals surface area contributed by atoms with Gasteiger partial charge in [0.05, 0.1) is 34.0 Å². The number of anilines is 1. The number of carbonyl (C=O) groups excluding carboxylic acids is 1. The van der Waals surface area contributed by atoms with Crippen LogP contribution in [0.3, 0.4) is 0 Å². The van der Waals surface area contributed by atoms with Crippen LogP contribution in [0.1, 0.15) is 18.5 Å². The van der Waals surface area contributed by atoms with Crippen molar-refractivity contribution >= 4 is 11.9 Å². The molecule has 0 saturated heterocycles. The van der Waals surface area contributed by atoms with Gasteiger partial charge in [-0.1, -0.05) is 30.3 Å². The molecule has 3 aromatic rings. The predicted molar refractivity (Wildman–Crippen MR) is 118 cm³/mol. The molecule has 166 valence electrons. The molecule has 9 nitrogen and oxygen atoms in total. The molecule has 0 fully saturated rings. The van der Waals surface area contributed by atoms with Crippen molar-refractivity contribution in [2.45, 2.75) is 13.0 Å². The summed E-state index contributed by atoms with van der Waals surface area (Å²) >= 11 is 0. The highest BCUT2D eigenvalue weighted by Crippen LogP contribution is 2.44. The van der Waals surface area contributed by atoms with Gasteiger partial charge in [-0.2, -0.15) is 4.98 Å². The van der Waals surface area contributed by atoms with Gasteiger partial charge >= 0.3 is 5.97 Å². The zero-order valence-electron chi connectivity index (χ0n) is 18.5. The van der Waals surface area contributed by atoms with Gasteiger partial charge in [-0.05, 0) is 13.0 Å². The standard InChI is InChI=1S/C23H24N4O5/c1-13-19(22(28)32-5)20(15-11-17(30-3)18(31-4)12-16(15)29-2)27-23(24-13)25-21(26-27)14-9-7-6-8-10-14/h6-12,20H,1-5H3,(H,24,25,26). The van der Waals surface area contributed by atoms with E-state index in [9.17, 15) is 4.79 Å². The molecule has 0 saturated carbocycles. The summed E-state index contributed by atoms with van der Waals surface area (Å²) in [7, 11) is 6.00. The molecule has 9 heteroatoms. The van der Waals surface area contributed by atoms with E-state index in [2.05, 4.69) is 10.3 Å². The van der Waals surface area contributed by atoms with Gasteiger partial charge in [-0.25, -0.2) is 9.48 Å². The minimum atomic E-state index is -0.668. The first-order chi connectivity index (χ1) is 15.5. The molecule has 32 heavy (non-hydrogen) atoms. The summed E-state index contributed by atoms with van der Waals surface area (Å²) in [6, 6.07) is 12.4. The molecule has 0 aliphatic carbocycles. The zero-order valence-corrected chi connectivity index (χ0v) is 18.5. The highest BCUT2D eigenvalue weighted by atomic mass is 16.5. The summed E-state index contributed by atoms with van der Waals surface area (Å²) in [6.45, 7) is 1.80. The normalized spacial score (nSPS) is 15.0. The van der Waals surface area contributed by atoms with Gasteiger partial charge in [0.25, 0.3) is 0 Å². The van der Waals surface area contributed by atoms with Crippen LogP contribution in [-0.2, 0) is 9.53 Å². The van der Waals surface area contributed by atoms with Crippen molar-refractivity contribution in [1.29, 1.82) is 0 Å². The quantitative estimate of drug-likeness (QED) is 0.587. The zero-order chi connectivity index (χ0) is 22.8. The van der Waals surface area contributed by atoms with Crippen molar-refractivity contribution in [3.05, 3.63) is 59.3 Å². The molecule has 2 heterocycles. The number of aromatic nitrogens is 3. The van der Waals surface area contributed by atoms with Crippen molar-refractivity contribution in [2.24, 2.45) is 0 Å². The molecule has 1 unspecified atom stereocenters. The molecule has 1 atom stereocenters. The van der Waals surface area contributed by atoms with Gasteiger partial charge in [-0.3, -0.25) is 0 Å². The number of allylic oxidation sites excluding steroid dienone is 1. The van der Waals surface area contributed by atoms with Crippen LogP contribution in [0, 0.1) is 0 Å². The summed E-state index contributed by atoms with van der Waals surface area (Å²) in [5, 5.41) is 7.90. The minimum Gasteiger partial charge on any atom is -0.496 e. The van der Waals surface area contributed by atoms with Crippen molar-refractivity contribution in [3.8, 4) is 28.6 Å². The van der Waals surface area contributed by atoms with Crippen LogP contribution in [0.25, 0.3) is 11.4 Å². The van der Waals surface area contributed by atoms with Crippen molar-refractivity contribution in [2.75, 3.05) is 33.8 Å². The molecule has 0 radical (unpaired) electrons. The summed E-state index contributed by atoms with van der Waals surface area (Å²) in [5.74, 6) is 2.04. The Bertz CT molecular complexity index is 1190. The van der Waals surface area contributed by atoms with Crippen molar-refractivity contribution in [3.63, 3.8) is 0 Å². The first-order valence-electron chi connectivity index (χ1n) is 9.90. The van der Waals surface area contributed by atoms with Crippen LogP contribution >= 0.6 is 0 Å². The Morgan fingerprint density at radius 3 is 2.25 bits per heavy atom. The number of nitrogens with zero attached hydrogens (tertiary/aromatic N) is 3. The average Bonchev–Trinajstić information content (AvgIpc) is 3.26.